The van der Waals surface area contributed by atoms with Gasteiger partial charge in [-0.05, 0) is 60.3 Å². The van der Waals surface area contributed by atoms with Crippen molar-refractivity contribution in [1.82, 2.24) is 9.71 Å². The zero-order valence-corrected chi connectivity index (χ0v) is 20.7. The van der Waals surface area contributed by atoms with E-state index in [1.807, 2.05) is 30.3 Å². The van der Waals surface area contributed by atoms with Crippen molar-refractivity contribution in [2.24, 2.45) is 0 Å². The molecule has 2 N–H and O–H groups in total. The van der Waals surface area contributed by atoms with Crippen LogP contribution in [0.4, 0.5) is 11.4 Å². The molecule has 0 radical (unpaired) electrons. The van der Waals surface area contributed by atoms with Crippen molar-refractivity contribution >= 4 is 54.0 Å². The van der Waals surface area contributed by atoms with Gasteiger partial charge in [0, 0.05) is 35.9 Å². The van der Waals surface area contributed by atoms with Crippen molar-refractivity contribution in [2.45, 2.75) is 11.3 Å². The van der Waals surface area contributed by atoms with Gasteiger partial charge in [-0.25, -0.2) is 8.42 Å². The summed E-state index contributed by atoms with van der Waals surface area (Å²) >= 11 is 6.46. The molecule has 11 heteroatoms. The summed E-state index contributed by atoms with van der Waals surface area (Å²) in [5.74, 6) is 0. The summed E-state index contributed by atoms with van der Waals surface area (Å²) in [6.07, 6.45) is 2.34. The number of rotatable bonds is 5. The molecule has 3 aromatic carbocycles. The molecule has 1 saturated heterocycles. The highest BCUT2D eigenvalue weighted by Gasteiger charge is 2.26. The minimum Gasteiger partial charge on any atom is -0.280 e. The smallest absolute Gasteiger partial charge is 0.280 e. The van der Waals surface area contributed by atoms with E-state index in [-0.39, 0.29) is 4.90 Å². The monoisotopic (exact) mass is 528 g/mol. The van der Waals surface area contributed by atoms with Crippen LogP contribution in [0.2, 0.25) is 5.02 Å². The van der Waals surface area contributed by atoms with Crippen LogP contribution in [0.5, 0.6) is 0 Å². The number of halogens is 1. The second-order valence-corrected chi connectivity index (χ2v) is 11.8. The standard InChI is InChI=1S/C24H21ClN4O4S2/c25-23-11-6-18(16-22(23)24-21-5-2-1-4-17(21)12-14-26-24)28-34(30,31)20-9-7-19(8-10-20)29-15-3-13-27-35(29,32)33/h1-2,4-12,14,16,27-28H,3,13,15H2. The number of pyridine rings is 1. The second kappa shape index (κ2) is 9.12. The third kappa shape index (κ3) is 4.70. The Labute approximate surface area is 208 Å². The van der Waals surface area contributed by atoms with Gasteiger partial charge in [0.1, 0.15) is 0 Å². The van der Waals surface area contributed by atoms with E-state index >= 15 is 0 Å². The Morgan fingerprint density at radius 2 is 1.77 bits per heavy atom. The molecule has 0 spiro atoms. The minimum absolute atomic E-state index is 0.00315. The van der Waals surface area contributed by atoms with E-state index < -0.39 is 20.2 Å². The summed E-state index contributed by atoms with van der Waals surface area (Å²) < 4.78 is 56.9. The lowest BCUT2D eigenvalue weighted by Crippen LogP contribution is -2.47. The zero-order valence-electron chi connectivity index (χ0n) is 18.3. The summed E-state index contributed by atoms with van der Waals surface area (Å²) in [6.45, 7) is 0.710. The van der Waals surface area contributed by atoms with Gasteiger partial charge in [-0.3, -0.25) is 14.0 Å². The first-order valence-electron chi connectivity index (χ1n) is 10.8. The quantitative estimate of drug-likeness (QED) is 0.399. The van der Waals surface area contributed by atoms with Crippen LogP contribution < -0.4 is 13.7 Å². The van der Waals surface area contributed by atoms with Gasteiger partial charge in [0.2, 0.25) is 0 Å². The Bertz CT molecular complexity index is 1620. The largest absolute Gasteiger partial charge is 0.301 e. The van der Waals surface area contributed by atoms with Crippen molar-refractivity contribution < 1.29 is 16.8 Å². The van der Waals surface area contributed by atoms with Crippen molar-refractivity contribution in [3.05, 3.63) is 84.0 Å². The van der Waals surface area contributed by atoms with E-state index in [2.05, 4.69) is 14.4 Å². The molecule has 0 unspecified atom stereocenters. The fourth-order valence-electron chi connectivity index (χ4n) is 4.00. The normalized spacial score (nSPS) is 15.7. The van der Waals surface area contributed by atoms with Gasteiger partial charge < -0.3 is 0 Å². The summed E-state index contributed by atoms with van der Waals surface area (Å²) in [7, 11) is -7.57. The lowest BCUT2D eigenvalue weighted by molar-refractivity contribution is 0.560. The van der Waals surface area contributed by atoms with E-state index in [1.165, 1.54) is 28.6 Å². The molecule has 0 aliphatic carbocycles. The lowest BCUT2D eigenvalue weighted by Gasteiger charge is -2.28. The van der Waals surface area contributed by atoms with E-state index in [4.69, 9.17) is 11.6 Å². The molecule has 35 heavy (non-hydrogen) atoms. The van der Waals surface area contributed by atoms with E-state index in [9.17, 15) is 16.8 Å². The molecule has 0 bridgehead atoms. The van der Waals surface area contributed by atoms with Gasteiger partial charge in [-0.1, -0.05) is 35.9 Å². The fourth-order valence-corrected chi connectivity index (χ4v) is 6.58. The minimum atomic E-state index is -3.94. The molecule has 1 aromatic heterocycles. The summed E-state index contributed by atoms with van der Waals surface area (Å²) in [4.78, 5) is 4.48. The average molecular weight is 529 g/mol. The molecule has 1 aliphatic heterocycles. The maximum absolute atomic E-state index is 13.1. The highest BCUT2D eigenvalue weighted by atomic mass is 35.5. The molecular weight excluding hydrogens is 508 g/mol. The van der Waals surface area contributed by atoms with Crippen LogP contribution >= 0.6 is 11.6 Å². The highest BCUT2D eigenvalue weighted by Crippen LogP contribution is 2.34. The Morgan fingerprint density at radius 1 is 1.00 bits per heavy atom. The van der Waals surface area contributed by atoms with Crippen molar-refractivity contribution in [3.8, 4) is 11.3 Å². The zero-order chi connectivity index (χ0) is 24.6. The average Bonchev–Trinajstić information content (AvgIpc) is 2.85. The van der Waals surface area contributed by atoms with Gasteiger partial charge in [0.25, 0.3) is 10.0 Å². The van der Waals surface area contributed by atoms with E-state index in [0.717, 1.165) is 10.8 Å². The molecule has 180 valence electrons. The Balaban J connectivity index is 1.44. The Morgan fingerprint density at radius 3 is 2.54 bits per heavy atom. The van der Waals surface area contributed by atoms with E-state index in [0.29, 0.717) is 47.2 Å². The summed E-state index contributed by atoms with van der Waals surface area (Å²) in [6, 6.07) is 20.2. The fraction of sp³-hybridized carbons (Fsp3) is 0.125. The van der Waals surface area contributed by atoms with Crippen molar-refractivity contribution in [1.29, 1.82) is 0 Å². The molecule has 0 saturated carbocycles. The number of fused-ring (bicyclic) bond motifs is 1. The van der Waals surface area contributed by atoms with Gasteiger partial charge in [0.15, 0.2) is 0 Å². The number of hydrogen-bond acceptors (Lipinski definition) is 5. The topological polar surface area (TPSA) is 108 Å². The first-order chi connectivity index (χ1) is 16.7. The first kappa shape index (κ1) is 23.6. The van der Waals surface area contributed by atoms with Gasteiger partial charge in [0.05, 0.1) is 21.3 Å². The molecular formula is C24H21ClN4O4S2. The van der Waals surface area contributed by atoms with Crippen molar-refractivity contribution in [3.63, 3.8) is 0 Å². The number of aromatic nitrogens is 1. The second-order valence-electron chi connectivity index (χ2n) is 8.00. The first-order valence-corrected chi connectivity index (χ1v) is 14.1. The number of anilines is 2. The maximum atomic E-state index is 13.1. The lowest BCUT2D eigenvalue weighted by atomic mass is 10.0. The Kier molecular flexibility index (Phi) is 6.14. The third-order valence-corrected chi connectivity index (χ3v) is 8.96. The molecule has 8 nitrogen and oxygen atoms in total. The predicted molar refractivity (Wildman–Crippen MR) is 138 cm³/mol. The number of nitrogens with one attached hydrogen (secondary N) is 2. The van der Waals surface area contributed by atoms with Crippen LogP contribution in [0.3, 0.4) is 0 Å². The molecule has 1 fully saturated rings. The molecule has 0 amide bonds. The van der Waals surface area contributed by atoms with Crippen molar-refractivity contribution in [2.75, 3.05) is 22.1 Å². The van der Waals surface area contributed by atoms with Gasteiger partial charge >= 0.3 is 10.2 Å². The molecule has 1 aliphatic rings. The van der Waals surface area contributed by atoms with E-state index in [1.54, 1.807) is 24.4 Å². The molecule has 4 aromatic rings. The van der Waals surface area contributed by atoms with Crippen LogP contribution in [-0.2, 0) is 20.2 Å². The number of sulfonamides is 1. The number of nitrogens with zero attached hydrogens (tertiary/aromatic N) is 2. The third-order valence-electron chi connectivity index (χ3n) is 5.69. The van der Waals surface area contributed by atoms with Crippen LogP contribution in [0.25, 0.3) is 22.0 Å². The number of hydrogen-bond donors (Lipinski definition) is 2. The maximum Gasteiger partial charge on any atom is 0.301 e. The predicted octanol–water partition coefficient (Wildman–Crippen LogP) is 4.40. The van der Waals surface area contributed by atoms with Crippen LogP contribution in [0, 0.1) is 0 Å². The summed E-state index contributed by atoms with van der Waals surface area (Å²) in [5.41, 5.74) is 1.97. The SMILES string of the molecule is O=S(=O)(Nc1ccc(Cl)c(-c2nccc3ccccc23)c1)c1ccc(N2CCCNS2(=O)=O)cc1. The van der Waals surface area contributed by atoms with Gasteiger partial charge in [-0.2, -0.15) is 13.1 Å². The van der Waals surface area contributed by atoms with Crippen LogP contribution in [-0.4, -0.2) is 34.9 Å². The highest BCUT2D eigenvalue weighted by molar-refractivity contribution is 7.92. The molecule has 0 atom stereocenters. The van der Waals surface area contributed by atoms with Gasteiger partial charge in [-0.15, -0.1) is 0 Å². The molecule has 5 rings (SSSR count). The van der Waals surface area contributed by atoms with Crippen LogP contribution in [0.15, 0.2) is 83.9 Å². The molecule has 2 heterocycles. The Hall–Kier alpha value is -3.18. The van der Waals surface area contributed by atoms with Crippen LogP contribution in [0.1, 0.15) is 6.42 Å². The number of benzene rings is 3. The summed E-state index contributed by atoms with van der Waals surface area (Å²) in [5, 5.41) is 2.33.